The molecule has 106 valence electrons. The highest BCUT2D eigenvalue weighted by molar-refractivity contribution is 5.93. The molecular formula is C12H21N5O2. The van der Waals surface area contributed by atoms with Crippen LogP contribution in [0.3, 0.4) is 0 Å². The molecule has 7 heteroatoms. The van der Waals surface area contributed by atoms with E-state index in [0.717, 1.165) is 0 Å². The molecule has 1 heterocycles. The summed E-state index contributed by atoms with van der Waals surface area (Å²) in [5.41, 5.74) is 10.8. The van der Waals surface area contributed by atoms with Crippen molar-refractivity contribution in [1.29, 1.82) is 0 Å². The van der Waals surface area contributed by atoms with Gasteiger partial charge >= 0.3 is 0 Å². The maximum atomic E-state index is 11.8. The second kappa shape index (κ2) is 6.89. The highest BCUT2D eigenvalue weighted by atomic mass is 16.2. The van der Waals surface area contributed by atoms with Crippen molar-refractivity contribution in [2.45, 2.75) is 39.3 Å². The van der Waals surface area contributed by atoms with Crippen LogP contribution in [0.25, 0.3) is 0 Å². The summed E-state index contributed by atoms with van der Waals surface area (Å²) in [5, 5.41) is 6.75. The molecule has 0 saturated heterocycles. The van der Waals surface area contributed by atoms with E-state index in [9.17, 15) is 9.59 Å². The molecule has 0 fully saturated rings. The number of nitrogens with zero attached hydrogens (tertiary/aromatic N) is 2. The number of hydrogen-bond donors (Lipinski definition) is 3. The van der Waals surface area contributed by atoms with Gasteiger partial charge in [0.15, 0.2) is 5.82 Å². The average molecular weight is 267 g/mol. The summed E-state index contributed by atoms with van der Waals surface area (Å²) in [6.07, 6.45) is 2.50. The van der Waals surface area contributed by atoms with Crippen molar-refractivity contribution >= 4 is 17.6 Å². The number of hydrogen-bond acceptors (Lipinski definition) is 4. The Morgan fingerprint density at radius 2 is 2.16 bits per heavy atom. The number of carbonyl (C=O) groups is 2. The van der Waals surface area contributed by atoms with Gasteiger partial charge in [0, 0.05) is 25.2 Å². The third-order valence-corrected chi connectivity index (χ3v) is 2.54. The normalized spacial score (nSPS) is 12.4. The summed E-state index contributed by atoms with van der Waals surface area (Å²) in [5.74, 6) is 0.136. The second-order valence-corrected chi connectivity index (χ2v) is 4.91. The zero-order chi connectivity index (χ0) is 14.4. The predicted molar refractivity (Wildman–Crippen MR) is 72.1 cm³/mol. The van der Waals surface area contributed by atoms with E-state index in [0.29, 0.717) is 24.7 Å². The minimum absolute atomic E-state index is 0.210. The lowest BCUT2D eigenvalue weighted by Gasteiger charge is -2.12. The molecule has 19 heavy (non-hydrogen) atoms. The number of aromatic nitrogens is 2. The fourth-order valence-electron chi connectivity index (χ4n) is 1.61. The van der Waals surface area contributed by atoms with Gasteiger partial charge in [-0.3, -0.25) is 14.3 Å². The Kier molecular flexibility index (Phi) is 5.50. The Labute approximate surface area is 112 Å². The first-order valence-electron chi connectivity index (χ1n) is 6.26. The molecule has 0 bridgehead atoms. The fraction of sp³-hybridized carbons (Fsp3) is 0.583. The van der Waals surface area contributed by atoms with Crippen LogP contribution in [-0.4, -0.2) is 27.6 Å². The van der Waals surface area contributed by atoms with Crippen molar-refractivity contribution in [2.75, 3.05) is 5.32 Å². The molecule has 2 amide bonds. The Morgan fingerprint density at radius 1 is 1.47 bits per heavy atom. The summed E-state index contributed by atoms with van der Waals surface area (Å²) in [6.45, 7) is 4.40. The fourth-order valence-corrected chi connectivity index (χ4v) is 1.61. The number of primary amides is 1. The SMILES string of the molecule is CC(C)C[C@H](N)C(=O)Nc1ccn(CCC(N)=O)n1. The van der Waals surface area contributed by atoms with Crippen LogP contribution in [0, 0.1) is 5.92 Å². The first-order valence-corrected chi connectivity index (χ1v) is 6.26. The number of aryl methyl sites for hydroxylation is 1. The molecule has 0 aromatic carbocycles. The van der Waals surface area contributed by atoms with Gasteiger partial charge in [0.25, 0.3) is 0 Å². The van der Waals surface area contributed by atoms with Crippen LogP contribution in [0.2, 0.25) is 0 Å². The lowest BCUT2D eigenvalue weighted by molar-refractivity contribution is -0.118. The number of nitrogens with one attached hydrogen (secondary N) is 1. The molecule has 5 N–H and O–H groups in total. The summed E-state index contributed by atoms with van der Waals surface area (Å²) >= 11 is 0. The topological polar surface area (TPSA) is 116 Å². The van der Waals surface area contributed by atoms with Crippen LogP contribution in [0.15, 0.2) is 12.3 Å². The smallest absolute Gasteiger partial charge is 0.242 e. The van der Waals surface area contributed by atoms with Gasteiger partial charge in [-0.1, -0.05) is 13.8 Å². The molecule has 1 rings (SSSR count). The van der Waals surface area contributed by atoms with Crippen LogP contribution >= 0.6 is 0 Å². The van der Waals surface area contributed by atoms with Gasteiger partial charge in [-0.25, -0.2) is 0 Å². The number of rotatable bonds is 7. The Bertz CT molecular complexity index is 441. The third-order valence-electron chi connectivity index (χ3n) is 2.54. The lowest BCUT2D eigenvalue weighted by atomic mass is 10.0. The van der Waals surface area contributed by atoms with Gasteiger partial charge in [0.05, 0.1) is 6.04 Å². The van der Waals surface area contributed by atoms with Crippen molar-refractivity contribution in [3.8, 4) is 0 Å². The lowest BCUT2D eigenvalue weighted by Crippen LogP contribution is -2.36. The summed E-state index contributed by atoms with van der Waals surface area (Å²) < 4.78 is 1.55. The van der Waals surface area contributed by atoms with E-state index in [1.54, 1.807) is 16.9 Å². The van der Waals surface area contributed by atoms with Gasteiger partial charge in [0.1, 0.15) is 0 Å². The molecule has 0 saturated carbocycles. The van der Waals surface area contributed by atoms with Gasteiger partial charge in [-0.05, 0) is 12.3 Å². The largest absolute Gasteiger partial charge is 0.370 e. The van der Waals surface area contributed by atoms with Gasteiger partial charge < -0.3 is 16.8 Å². The molecule has 7 nitrogen and oxygen atoms in total. The van der Waals surface area contributed by atoms with Crippen molar-refractivity contribution < 1.29 is 9.59 Å². The first kappa shape index (κ1) is 15.2. The minimum Gasteiger partial charge on any atom is -0.370 e. The van der Waals surface area contributed by atoms with E-state index in [1.165, 1.54) is 0 Å². The van der Waals surface area contributed by atoms with Gasteiger partial charge in [-0.15, -0.1) is 0 Å². The van der Waals surface area contributed by atoms with E-state index >= 15 is 0 Å². The molecule has 1 atom stereocenters. The van der Waals surface area contributed by atoms with Crippen molar-refractivity contribution in [3.63, 3.8) is 0 Å². The minimum atomic E-state index is -0.546. The van der Waals surface area contributed by atoms with Crippen LogP contribution in [-0.2, 0) is 16.1 Å². The van der Waals surface area contributed by atoms with Crippen LogP contribution < -0.4 is 16.8 Å². The molecule has 0 aliphatic rings. The maximum absolute atomic E-state index is 11.8. The zero-order valence-electron chi connectivity index (χ0n) is 11.3. The molecule has 1 aromatic heterocycles. The van der Waals surface area contributed by atoms with E-state index in [2.05, 4.69) is 10.4 Å². The molecule has 0 aliphatic carbocycles. The molecule has 0 unspecified atom stereocenters. The zero-order valence-corrected chi connectivity index (χ0v) is 11.3. The number of carbonyl (C=O) groups excluding carboxylic acids is 2. The number of anilines is 1. The molecule has 0 radical (unpaired) electrons. The maximum Gasteiger partial charge on any atom is 0.242 e. The molecule has 0 aliphatic heterocycles. The van der Waals surface area contributed by atoms with Gasteiger partial charge in [-0.2, -0.15) is 5.10 Å². The second-order valence-electron chi connectivity index (χ2n) is 4.91. The van der Waals surface area contributed by atoms with Crippen molar-refractivity contribution in [1.82, 2.24) is 9.78 Å². The van der Waals surface area contributed by atoms with Crippen LogP contribution in [0.1, 0.15) is 26.7 Å². The van der Waals surface area contributed by atoms with Crippen LogP contribution in [0.5, 0.6) is 0 Å². The number of nitrogens with two attached hydrogens (primary N) is 2. The molecule has 0 spiro atoms. The molecule has 1 aromatic rings. The monoisotopic (exact) mass is 267 g/mol. The summed E-state index contributed by atoms with van der Waals surface area (Å²) in [7, 11) is 0. The Hall–Kier alpha value is -1.89. The highest BCUT2D eigenvalue weighted by Crippen LogP contribution is 2.07. The highest BCUT2D eigenvalue weighted by Gasteiger charge is 2.15. The van der Waals surface area contributed by atoms with Crippen molar-refractivity contribution in [2.24, 2.45) is 17.4 Å². The van der Waals surface area contributed by atoms with Crippen LogP contribution in [0.4, 0.5) is 5.82 Å². The van der Waals surface area contributed by atoms with E-state index < -0.39 is 6.04 Å². The van der Waals surface area contributed by atoms with E-state index in [4.69, 9.17) is 11.5 Å². The van der Waals surface area contributed by atoms with Gasteiger partial charge in [0.2, 0.25) is 11.8 Å². The standard InChI is InChI=1S/C12H21N5O2/c1-8(2)7-9(13)12(19)15-11-4-6-17(16-11)5-3-10(14)18/h4,6,8-9H,3,5,7,13H2,1-2H3,(H2,14,18)(H,15,16,19)/t9-/m0/s1. The van der Waals surface area contributed by atoms with E-state index in [-0.39, 0.29) is 18.2 Å². The average Bonchev–Trinajstić information content (AvgIpc) is 2.73. The number of amides is 2. The quantitative estimate of drug-likeness (QED) is 0.648. The van der Waals surface area contributed by atoms with E-state index in [1.807, 2.05) is 13.8 Å². The summed E-state index contributed by atoms with van der Waals surface area (Å²) in [6, 6.07) is 1.11. The Balaban J connectivity index is 2.48. The predicted octanol–water partition coefficient (Wildman–Crippen LogP) is 0.0704. The van der Waals surface area contributed by atoms with Crippen molar-refractivity contribution in [3.05, 3.63) is 12.3 Å². The molecular weight excluding hydrogens is 246 g/mol. The first-order chi connectivity index (χ1) is 8.88. The Morgan fingerprint density at radius 3 is 2.74 bits per heavy atom. The third kappa shape index (κ3) is 5.52. The summed E-state index contributed by atoms with van der Waals surface area (Å²) in [4.78, 5) is 22.4.